The molecule has 5 nitrogen and oxygen atoms in total. The van der Waals surface area contributed by atoms with Crippen molar-refractivity contribution >= 4 is 44.0 Å². The minimum atomic E-state index is -0.285. The van der Waals surface area contributed by atoms with Crippen molar-refractivity contribution in [1.29, 1.82) is 0 Å². The maximum atomic E-state index is 12.2. The average molecular weight is 546 g/mol. The van der Waals surface area contributed by atoms with Gasteiger partial charge >= 0.3 is 0 Å². The van der Waals surface area contributed by atoms with Gasteiger partial charge in [0.05, 0.1) is 17.3 Å². The molecule has 0 atom stereocenters. The summed E-state index contributed by atoms with van der Waals surface area (Å²) in [6, 6.07) is 20.6. The first-order chi connectivity index (χ1) is 15.0. The van der Waals surface area contributed by atoms with E-state index in [9.17, 15) is 4.79 Å². The Morgan fingerprint density at radius 3 is 2.42 bits per heavy atom. The lowest BCUT2D eigenvalue weighted by molar-refractivity contribution is 0.0955. The molecule has 3 aromatic carbocycles. The second kappa shape index (κ2) is 11.7. The molecule has 0 bridgehead atoms. The summed E-state index contributed by atoms with van der Waals surface area (Å²) in [6.45, 7) is 3.17. The van der Waals surface area contributed by atoms with Crippen LogP contribution in [0.2, 0.25) is 0 Å². The van der Waals surface area contributed by atoms with Gasteiger partial charge in [0.1, 0.15) is 18.1 Å². The van der Waals surface area contributed by atoms with Crippen LogP contribution in [-0.4, -0.2) is 18.7 Å². The highest BCUT2D eigenvalue weighted by molar-refractivity contribution is 9.10. The fourth-order valence-corrected chi connectivity index (χ4v) is 3.38. The zero-order valence-electron chi connectivity index (χ0n) is 17.0. The molecule has 0 radical (unpaired) electrons. The van der Waals surface area contributed by atoms with Crippen molar-refractivity contribution in [2.45, 2.75) is 20.0 Å². The minimum absolute atomic E-state index is 0.285. The fraction of sp³-hybridized carbons (Fsp3) is 0.167. The van der Waals surface area contributed by atoms with Gasteiger partial charge in [-0.2, -0.15) is 5.10 Å². The standard InChI is InChI=1S/C24H22Br2N2O3/c1-2-13-30-21-10-6-19(7-11-21)24(29)28-27-15-18-5-12-23(22(26)14-18)31-16-17-3-8-20(25)9-4-17/h3-12,14-15H,2,13,16H2,1H3,(H,28,29)/b27-15+. The van der Waals surface area contributed by atoms with E-state index in [4.69, 9.17) is 9.47 Å². The molecule has 0 aliphatic heterocycles. The van der Waals surface area contributed by atoms with E-state index in [0.29, 0.717) is 18.8 Å². The summed E-state index contributed by atoms with van der Waals surface area (Å²) in [5.41, 5.74) is 4.95. The van der Waals surface area contributed by atoms with Gasteiger partial charge in [0.25, 0.3) is 5.91 Å². The molecule has 0 saturated heterocycles. The van der Waals surface area contributed by atoms with Crippen LogP contribution in [0.4, 0.5) is 0 Å². The second-order valence-electron chi connectivity index (χ2n) is 6.68. The Balaban J connectivity index is 1.52. The number of rotatable bonds is 9. The van der Waals surface area contributed by atoms with Crippen LogP contribution < -0.4 is 14.9 Å². The third-order valence-corrected chi connectivity index (χ3v) is 5.38. The number of carbonyl (C=O) groups excluding carboxylic acids is 1. The Labute approximate surface area is 198 Å². The van der Waals surface area contributed by atoms with Gasteiger partial charge < -0.3 is 9.47 Å². The molecule has 0 heterocycles. The van der Waals surface area contributed by atoms with Crippen LogP contribution in [0, 0.1) is 0 Å². The molecule has 0 saturated carbocycles. The molecule has 0 aliphatic rings. The molecular weight excluding hydrogens is 524 g/mol. The Hall–Kier alpha value is -2.64. The predicted molar refractivity (Wildman–Crippen MR) is 130 cm³/mol. The summed E-state index contributed by atoms with van der Waals surface area (Å²) in [7, 11) is 0. The summed E-state index contributed by atoms with van der Waals surface area (Å²) in [6.07, 6.45) is 2.52. The molecule has 31 heavy (non-hydrogen) atoms. The van der Waals surface area contributed by atoms with Crippen LogP contribution in [0.25, 0.3) is 0 Å². The number of hydrazone groups is 1. The van der Waals surface area contributed by atoms with E-state index in [1.807, 2.05) is 49.4 Å². The van der Waals surface area contributed by atoms with Gasteiger partial charge in [-0.15, -0.1) is 0 Å². The Morgan fingerprint density at radius 1 is 1.00 bits per heavy atom. The lowest BCUT2D eigenvalue weighted by Crippen LogP contribution is -2.17. The maximum absolute atomic E-state index is 12.2. The summed E-state index contributed by atoms with van der Waals surface area (Å²) in [5, 5.41) is 4.04. The minimum Gasteiger partial charge on any atom is -0.494 e. The highest BCUT2D eigenvalue weighted by Gasteiger charge is 2.05. The lowest BCUT2D eigenvalue weighted by atomic mass is 10.2. The first-order valence-corrected chi connectivity index (χ1v) is 11.4. The van der Waals surface area contributed by atoms with Crippen LogP contribution in [0.15, 0.2) is 80.8 Å². The largest absolute Gasteiger partial charge is 0.494 e. The van der Waals surface area contributed by atoms with Gasteiger partial charge in [0.15, 0.2) is 0 Å². The van der Waals surface area contributed by atoms with Crippen LogP contribution in [0.5, 0.6) is 11.5 Å². The Bertz CT molecular complexity index is 1040. The van der Waals surface area contributed by atoms with Crippen molar-refractivity contribution in [2.75, 3.05) is 6.61 Å². The van der Waals surface area contributed by atoms with Crippen molar-refractivity contribution in [3.05, 3.63) is 92.4 Å². The molecule has 0 aliphatic carbocycles. The molecule has 3 aromatic rings. The molecule has 7 heteroatoms. The van der Waals surface area contributed by atoms with Crippen molar-refractivity contribution in [2.24, 2.45) is 5.10 Å². The number of carbonyl (C=O) groups is 1. The molecule has 0 spiro atoms. The molecule has 0 fully saturated rings. The van der Waals surface area contributed by atoms with Crippen LogP contribution >= 0.6 is 31.9 Å². The molecule has 0 unspecified atom stereocenters. The van der Waals surface area contributed by atoms with Crippen molar-refractivity contribution < 1.29 is 14.3 Å². The van der Waals surface area contributed by atoms with Gasteiger partial charge in [0.2, 0.25) is 0 Å². The molecule has 1 N–H and O–H groups in total. The van der Waals surface area contributed by atoms with E-state index in [1.165, 1.54) is 0 Å². The molecular formula is C24H22Br2N2O3. The van der Waals surface area contributed by atoms with Gasteiger partial charge in [-0.05, 0) is 88.1 Å². The normalized spacial score (nSPS) is 10.8. The molecule has 3 rings (SSSR count). The predicted octanol–water partition coefficient (Wildman–Crippen LogP) is 6.34. The number of halogens is 2. The number of ether oxygens (including phenoxy) is 2. The first kappa shape index (κ1) is 23.0. The number of benzene rings is 3. The zero-order valence-corrected chi connectivity index (χ0v) is 20.1. The SMILES string of the molecule is CCCOc1ccc(C(=O)N/N=C/c2ccc(OCc3ccc(Br)cc3)c(Br)c2)cc1. The second-order valence-corrected chi connectivity index (χ2v) is 8.45. The van der Waals surface area contributed by atoms with Gasteiger partial charge in [-0.25, -0.2) is 5.43 Å². The third-order valence-electron chi connectivity index (χ3n) is 4.23. The highest BCUT2D eigenvalue weighted by Crippen LogP contribution is 2.26. The van der Waals surface area contributed by atoms with E-state index in [2.05, 4.69) is 42.4 Å². The van der Waals surface area contributed by atoms with Gasteiger partial charge in [0, 0.05) is 10.0 Å². The summed E-state index contributed by atoms with van der Waals surface area (Å²) < 4.78 is 13.2. The Kier molecular flexibility index (Phi) is 8.67. The number of nitrogens with one attached hydrogen (secondary N) is 1. The fourth-order valence-electron chi connectivity index (χ4n) is 2.61. The summed E-state index contributed by atoms with van der Waals surface area (Å²) in [5.74, 6) is 1.19. The third kappa shape index (κ3) is 7.22. The molecule has 160 valence electrons. The van der Waals surface area contributed by atoms with Crippen LogP contribution in [-0.2, 0) is 6.61 Å². The monoisotopic (exact) mass is 544 g/mol. The quantitative estimate of drug-likeness (QED) is 0.252. The first-order valence-electron chi connectivity index (χ1n) is 9.78. The topological polar surface area (TPSA) is 59.9 Å². The van der Waals surface area contributed by atoms with E-state index < -0.39 is 0 Å². The number of hydrogen-bond acceptors (Lipinski definition) is 4. The lowest BCUT2D eigenvalue weighted by Gasteiger charge is -2.09. The zero-order chi connectivity index (χ0) is 22.1. The number of nitrogens with zero attached hydrogens (tertiary/aromatic N) is 1. The Morgan fingerprint density at radius 2 is 1.74 bits per heavy atom. The van der Waals surface area contributed by atoms with Gasteiger partial charge in [-0.3, -0.25) is 4.79 Å². The maximum Gasteiger partial charge on any atom is 0.271 e. The highest BCUT2D eigenvalue weighted by atomic mass is 79.9. The van der Waals surface area contributed by atoms with Crippen molar-refractivity contribution in [3.63, 3.8) is 0 Å². The van der Waals surface area contributed by atoms with Gasteiger partial charge in [-0.1, -0.05) is 35.0 Å². The van der Waals surface area contributed by atoms with E-state index in [0.717, 1.165) is 38.0 Å². The van der Waals surface area contributed by atoms with Crippen molar-refractivity contribution in [3.8, 4) is 11.5 Å². The number of amides is 1. The van der Waals surface area contributed by atoms with E-state index in [-0.39, 0.29) is 5.91 Å². The van der Waals surface area contributed by atoms with Crippen LogP contribution in [0.3, 0.4) is 0 Å². The van der Waals surface area contributed by atoms with Crippen molar-refractivity contribution in [1.82, 2.24) is 5.43 Å². The number of hydrogen-bond donors (Lipinski definition) is 1. The summed E-state index contributed by atoms with van der Waals surface area (Å²) >= 11 is 6.94. The van der Waals surface area contributed by atoms with E-state index >= 15 is 0 Å². The summed E-state index contributed by atoms with van der Waals surface area (Å²) in [4.78, 5) is 12.2. The average Bonchev–Trinajstić information content (AvgIpc) is 2.78. The molecule has 0 aromatic heterocycles. The smallest absolute Gasteiger partial charge is 0.271 e. The van der Waals surface area contributed by atoms with E-state index in [1.54, 1.807) is 30.5 Å². The molecule has 1 amide bonds. The van der Waals surface area contributed by atoms with Crippen LogP contribution in [0.1, 0.15) is 34.8 Å².